The van der Waals surface area contributed by atoms with Crippen molar-refractivity contribution in [3.8, 4) is 0 Å². The van der Waals surface area contributed by atoms with Crippen molar-refractivity contribution in [2.75, 3.05) is 0 Å². The van der Waals surface area contributed by atoms with Crippen LogP contribution in [0, 0.1) is 12.4 Å². The molecular weight excluding hydrogens is 310 g/mol. The molecule has 3 heteroatoms. The molecule has 4 rings (SSSR count). The van der Waals surface area contributed by atoms with Crippen LogP contribution < -0.4 is 0 Å². The molecule has 2 heterocycles. The Kier molecular flexibility index (Phi) is 4.98. The van der Waals surface area contributed by atoms with Gasteiger partial charge in [0.2, 0.25) is 0 Å². The van der Waals surface area contributed by atoms with Gasteiger partial charge in [-0.25, -0.2) is 0 Å². The molecule has 4 aromatic rings. The average molecular weight is 326 g/mol. The van der Waals surface area contributed by atoms with Gasteiger partial charge in [-0.2, -0.15) is 22.9 Å². The predicted octanol–water partition coefficient (Wildman–Crippen LogP) is 3.95. The van der Waals surface area contributed by atoms with E-state index in [2.05, 4.69) is 36.7 Å². The van der Waals surface area contributed by atoms with E-state index in [0.29, 0.717) is 0 Å². The molecule has 0 saturated carbocycles. The van der Waals surface area contributed by atoms with E-state index in [1.807, 2.05) is 59.6 Å². The summed E-state index contributed by atoms with van der Waals surface area (Å²) in [5.41, 5.74) is 2.48. The summed E-state index contributed by atoms with van der Waals surface area (Å²) in [6.07, 6.45) is 6.19. The Morgan fingerprint density at radius 2 is 1.05 bits per heavy atom. The predicted molar refractivity (Wildman–Crippen MR) is 83.5 cm³/mol. The Hall–Kier alpha value is -1.86. The van der Waals surface area contributed by atoms with E-state index >= 15 is 0 Å². The quantitative estimate of drug-likeness (QED) is 0.342. The Morgan fingerprint density at radius 1 is 0.667 bits per heavy atom. The molecular formula is C18H16N2Zn. The molecule has 0 fully saturated rings. The first-order valence-corrected chi connectivity index (χ1v) is 6.60. The van der Waals surface area contributed by atoms with Gasteiger partial charge in [0.1, 0.15) is 0 Å². The first kappa shape index (κ1) is 15.5. The van der Waals surface area contributed by atoms with Crippen molar-refractivity contribution in [1.29, 1.82) is 0 Å². The van der Waals surface area contributed by atoms with Gasteiger partial charge < -0.3 is 9.13 Å². The van der Waals surface area contributed by atoms with Crippen molar-refractivity contribution < 1.29 is 19.5 Å². The molecule has 0 saturated heterocycles. The third kappa shape index (κ3) is 3.25. The van der Waals surface area contributed by atoms with E-state index in [1.54, 1.807) is 0 Å². The summed E-state index contributed by atoms with van der Waals surface area (Å²) in [5.74, 6) is 0. The van der Waals surface area contributed by atoms with Gasteiger partial charge in [-0.1, -0.05) is 24.3 Å². The maximum atomic E-state index is 3.09. The minimum Gasteiger partial charge on any atom is -0.466 e. The Balaban J connectivity index is 0.000000147. The first-order valence-electron chi connectivity index (χ1n) is 6.60. The Labute approximate surface area is 137 Å². The van der Waals surface area contributed by atoms with Crippen molar-refractivity contribution >= 4 is 21.8 Å². The van der Waals surface area contributed by atoms with Crippen LogP contribution in [0.5, 0.6) is 0 Å². The number of fused-ring (bicyclic) bond motifs is 2. The summed E-state index contributed by atoms with van der Waals surface area (Å²) < 4.78 is 3.99. The van der Waals surface area contributed by atoms with Crippen molar-refractivity contribution in [3.63, 3.8) is 0 Å². The van der Waals surface area contributed by atoms with Crippen LogP contribution in [0.15, 0.2) is 60.7 Å². The molecule has 0 radical (unpaired) electrons. The summed E-state index contributed by atoms with van der Waals surface area (Å²) in [7, 11) is 4.00. The molecule has 2 nitrogen and oxygen atoms in total. The molecule has 0 spiro atoms. The fourth-order valence-corrected chi connectivity index (χ4v) is 2.30. The molecule has 2 aromatic heterocycles. The molecule has 0 bridgehead atoms. The van der Waals surface area contributed by atoms with Crippen molar-refractivity contribution in [2.45, 2.75) is 0 Å². The van der Waals surface area contributed by atoms with Crippen LogP contribution in [0.4, 0.5) is 0 Å². The first-order chi connectivity index (χ1) is 9.75. The molecule has 0 aliphatic rings. The molecule has 100 valence electrons. The van der Waals surface area contributed by atoms with Gasteiger partial charge in [0, 0.05) is 0 Å². The minimum absolute atomic E-state index is 0. The van der Waals surface area contributed by atoms with E-state index in [4.69, 9.17) is 0 Å². The Morgan fingerprint density at radius 3 is 1.43 bits per heavy atom. The van der Waals surface area contributed by atoms with Crippen LogP contribution in [0.25, 0.3) is 21.8 Å². The fraction of sp³-hybridized carbons (Fsp3) is 0.111. The van der Waals surface area contributed by atoms with Gasteiger partial charge in [-0.15, -0.1) is 47.7 Å². The van der Waals surface area contributed by atoms with E-state index < -0.39 is 0 Å². The number of rotatable bonds is 0. The molecule has 21 heavy (non-hydrogen) atoms. The number of benzene rings is 2. The zero-order valence-electron chi connectivity index (χ0n) is 12.4. The molecule has 0 aliphatic carbocycles. The van der Waals surface area contributed by atoms with Gasteiger partial charge in [-0.05, 0) is 14.1 Å². The summed E-state index contributed by atoms with van der Waals surface area (Å²) in [6.45, 7) is 0. The average Bonchev–Trinajstić information content (AvgIpc) is 3.05. The zero-order chi connectivity index (χ0) is 13.9. The zero-order valence-corrected chi connectivity index (χ0v) is 15.3. The van der Waals surface area contributed by atoms with Gasteiger partial charge in [0.15, 0.2) is 0 Å². The number of hydrogen-bond donors (Lipinski definition) is 0. The molecule has 0 aliphatic heterocycles. The van der Waals surface area contributed by atoms with Crippen molar-refractivity contribution in [2.24, 2.45) is 14.1 Å². The number of nitrogens with zero attached hydrogens (tertiary/aromatic N) is 2. The summed E-state index contributed by atoms with van der Waals surface area (Å²) in [5, 5.41) is 2.51. The van der Waals surface area contributed by atoms with Gasteiger partial charge in [0.25, 0.3) is 0 Å². The van der Waals surface area contributed by atoms with Crippen LogP contribution in [0.2, 0.25) is 0 Å². The summed E-state index contributed by atoms with van der Waals surface area (Å²) in [6, 6.07) is 20.5. The molecule has 0 unspecified atom stereocenters. The van der Waals surface area contributed by atoms with Crippen LogP contribution >= 0.6 is 0 Å². The summed E-state index contributed by atoms with van der Waals surface area (Å²) >= 11 is 0. The van der Waals surface area contributed by atoms with E-state index in [1.165, 1.54) is 21.8 Å². The molecule has 0 N–H and O–H groups in total. The van der Waals surface area contributed by atoms with E-state index in [-0.39, 0.29) is 19.5 Å². The van der Waals surface area contributed by atoms with Crippen LogP contribution in [-0.4, -0.2) is 9.13 Å². The third-order valence-electron chi connectivity index (χ3n) is 3.42. The second-order valence-electron chi connectivity index (χ2n) is 4.78. The van der Waals surface area contributed by atoms with Gasteiger partial charge >= 0.3 is 19.5 Å². The summed E-state index contributed by atoms with van der Waals surface area (Å²) in [4.78, 5) is 0. The minimum atomic E-state index is 0. The second-order valence-corrected chi connectivity index (χ2v) is 4.78. The Bertz CT molecular complexity index is 770. The topological polar surface area (TPSA) is 9.86 Å². The maximum Gasteiger partial charge on any atom is 2.00 e. The number of para-hydroxylation sites is 2. The third-order valence-corrected chi connectivity index (χ3v) is 3.42. The monoisotopic (exact) mass is 324 g/mol. The van der Waals surface area contributed by atoms with Crippen molar-refractivity contribution in [3.05, 3.63) is 73.1 Å². The maximum absolute atomic E-state index is 3.09. The smallest absolute Gasteiger partial charge is 0.466 e. The SMILES string of the molecule is Cn1[c-]cc2ccccc21.Cn1[c-]cc2ccccc21.[Zn+2]. The van der Waals surface area contributed by atoms with Gasteiger partial charge in [0.05, 0.1) is 0 Å². The standard InChI is InChI=1S/2C9H8N.Zn/c2*1-10-7-6-8-4-2-3-5-9(8)10;/h2*2-6H,1H3;/q2*-1;+2. The van der Waals surface area contributed by atoms with E-state index in [0.717, 1.165) is 0 Å². The van der Waals surface area contributed by atoms with Crippen LogP contribution in [0.3, 0.4) is 0 Å². The normalized spacial score (nSPS) is 10.0. The largest absolute Gasteiger partial charge is 2.00 e. The van der Waals surface area contributed by atoms with Crippen LogP contribution in [0.1, 0.15) is 0 Å². The van der Waals surface area contributed by atoms with Crippen LogP contribution in [-0.2, 0) is 33.6 Å². The number of aromatic nitrogens is 2. The molecule has 0 amide bonds. The van der Waals surface area contributed by atoms with Crippen molar-refractivity contribution in [1.82, 2.24) is 9.13 Å². The van der Waals surface area contributed by atoms with E-state index in [9.17, 15) is 0 Å². The molecule has 2 aromatic carbocycles. The fourth-order valence-electron chi connectivity index (χ4n) is 2.30. The second kappa shape index (κ2) is 6.73. The molecule has 0 atom stereocenters. The number of hydrogen-bond acceptors (Lipinski definition) is 0. The number of aryl methyl sites for hydroxylation is 2. The van der Waals surface area contributed by atoms with Gasteiger partial charge in [-0.3, -0.25) is 0 Å².